The number of thioether (sulfide) groups is 1. The Morgan fingerprint density at radius 2 is 2.14 bits per heavy atom. The molecule has 108 valence electrons. The molecule has 0 saturated heterocycles. The summed E-state index contributed by atoms with van der Waals surface area (Å²) in [4.78, 5) is 26.1. The number of hydrogen-bond donors (Lipinski definition) is 1. The molecule has 0 fully saturated rings. The minimum absolute atomic E-state index is 0.0414. The van der Waals surface area contributed by atoms with Crippen LogP contribution in [0.1, 0.15) is 28.4 Å². The molecule has 0 bridgehead atoms. The van der Waals surface area contributed by atoms with E-state index in [0.717, 1.165) is 25.7 Å². The maximum absolute atomic E-state index is 12.3. The number of aromatic amines is 1. The summed E-state index contributed by atoms with van der Waals surface area (Å²) in [6.45, 7) is 6.01. The van der Waals surface area contributed by atoms with Crippen molar-refractivity contribution in [3.63, 3.8) is 0 Å². The average Bonchev–Trinajstić information content (AvgIpc) is 2.75. The van der Waals surface area contributed by atoms with Gasteiger partial charge in [-0.05, 0) is 38.5 Å². The van der Waals surface area contributed by atoms with Crippen LogP contribution in [-0.4, -0.2) is 15.0 Å². The summed E-state index contributed by atoms with van der Waals surface area (Å²) >= 11 is 3.16. The van der Waals surface area contributed by atoms with Crippen LogP contribution in [-0.2, 0) is 0 Å². The van der Waals surface area contributed by atoms with E-state index in [0.29, 0.717) is 5.82 Å². The van der Waals surface area contributed by atoms with Crippen molar-refractivity contribution >= 4 is 33.3 Å². The molecule has 3 rings (SSSR count). The summed E-state index contributed by atoms with van der Waals surface area (Å²) < 4.78 is 0. The summed E-state index contributed by atoms with van der Waals surface area (Å²) in [7, 11) is 0. The van der Waals surface area contributed by atoms with Gasteiger partial charge in [-0.15, -0.1) is 11.3 Å². The second-order valence-electron chi connectivity index (χ2n) is 4.84. The molecule has 0 spiro atoms. The average molecular weight is 317 g/mol. The second-order valence-corrected chi connectivity index (χ2v) is 7.41. The van der Waals surface area contributed by atoms with Crippen LogP contribution in [0.4, 0.5) is 0 Å². The topological polar surface area (TPSA) is 58.6 Å². The fourth-order valence-corrected chi connectivity index (χ4v) is 4.02. The first-order chi connectivity index (χ1) is 10.1. The number of hydrogen-bond acceptors (Lipinski definition) is 5. The molecule has 0 aliphatic carbocycles. The van der Waals surface area contributed by atoms with Crippen molar-refractivity contribution in [1.82, 2.24) is 15.0 Å². The predicted octanol–water partition coefficient (Wildman–Crippen LogP) is 3.85. The molecule has 0 saturated carbocycles. The van der Waals surface area contributed by atoms with E-state index in [1.165, 1.54) is 0 Å². The molecule has 21 heavy (non-hydrogen) atoms. The molecule has 3 aromatic rings. The smallest absolute Gasteiger partial charge is 0.259 e. The maximum atomic E-state index is 12.3. The molecule has 1 atom stereocenters. The van der Waals surface area contributed by atoms with Gasteiger partial charge in [0.2, 0.25) is 0 Å². The van der Waals surface area contributed by atoms with Crippen LogP contribution in [0.5, 0.6) is 0 Å². The van der Waals surface area contributed by atoms with Gasteiger partial charge < -0.3 is 4.98 Å². The molecule has 0 aliphatic rings. The lowest BCUT2D eigenvalue weighted by molar-refractivity contribution is 0.920. The van der Waals surface area contributed by atoms with Crippen LogP contribution >= 0.6 is 23.1 Å². The Hall–Kier alpha value is -1.66. The van der Waals surface area contributed by atoms with Gasteiger partial charge >= 0.3 is 0 Å². The summed E-state index contributed by atoms with van der Waals surface area (Å²) in [6, 6.07) is 5.79. The van der Waals surface area contributed by atoms with Gasteiger partial charge in [-0.2, -0.15) is 0 Å². The zero-order valence-corrected chi connectivity index (χ0v) is 13.6. The van der Waals surface area contributed by atoms with E-state index in [2.05, 4.69) is 15.0 Å². The lowest BCUT2D eigenvalue weighted by atomic mass is 10.2. The van der Waals surface area contributed by atoms with E-state index >= 15 is 0 Å². The molecule has 6 heteroatoms. The Morgan fingerprint density at radius 3 is 2.86 bits per heavy atom. The van der Waals surface area contributed by atoms with Crippen LogP contribution in [0.25, 0.3) is 10.2 Å². The number of H-pyrrole nitrogens is 1. The van der Waals surface area contributed by atoms with Crippen LogP contribution in [0, 0.1) is 13.8 Å². The van der Waals surface area contributed by atoms with Gasteiger partial charge in [0.15, 0.2) is 0 Å². The van der Waals surface area contributed by atoms with Gasteiger partial charge in [0, 0.05) is 11.1 Å². The highest BCUT2D eigenvalue weighted by molar-refractivity contribution is 7.99. The van der Waals surface area contributed by atoms with E-state index in [9.17, 15) is 4.79 Å². The van der Waals surface area contributed by atoms with Gasteiger partial charge in [-0.3, -0.25) is 4.79 Å². The molecule has 1 unspecified atom stereocenters. The maximum Gasteiger partial charge on any atom is 0.259 e. The van der Waals surface area contributed by atoms with Crippen LogP contribution in [0.2, 0.25) is 0 Å². The monoisotopic (exact) mass is 317 g/mol. The fourth-order valence-electron chi connectivity index (χ4n) is 2.12. The molecular formula is C15H15N3OS2. The third kappa shape index (κ3) is 2.73. The van der Waals surface area contributed by atoms with Crippen molar-refractivity contribution in [3.8, 4) is 0 Å². The highest BCUT2D eigenvalue weighted by atomic mass is 32.2. The number of aromatic nitrogens is 3. The Bertz CT molecular complexity index is 839. The first-order valence-corrected chi connectivity index (χ1v) is 8.33. The molecule has 0 aromatic carbocycles. The standard InChI is InChI=1S/C15H15N3OS2/c1-8-9(2)21-15-12(8)14(19)17-13(18-15)10(3)20-11-6-4-5-7-16-11/h4-7,10H,1-3H3,(H,17,18,19). The van der Waals surface area contributed by atoms with Gasteiger partial charge in [-0.25, -0.2) is 9.97 Å². The Kier molecular flexibility index (Phi) is 3.82. The molecule has 0 amide bonds. The van der Waals surface area contributed by atoms with Gasteiger partial charge in [0.1, 0.15) is 10.7 Å². The van der Waals surface area contributed by atoms with E-state index < -0.39 is 0 Å². The molecule has 4 nitrogen and oxygen atoms in total. The zero-order valence-electron chi connectivity index (χ0n) is 12.0. The summed E-state index contributed by atoms with van der Waals surface area (Å²) in [5.74, 6) is 0.699. The highest BCUT2D eigenvalue weighted by Crippen LogP contribution is 2.33. The number of rotatable bonds is 3. The second kappa shape index (κ2) is 5.61. The van der Waals surface area contributed by atoms with Gasteiger partial charge in [0.25, 0.3) is 5.56 Å². The minimum atomic E-state index is -0.0506. The van der Waals surface area contributed by atoms with E-state index in [1.54, 1.807) is 29.3 Å². The predicted molar refractivity (Wildman–Crippen MR) is 88.2 cm³/mol. The molecule has 3 heterocycles. The van der Waals surface area contributed by atoms with Gasteiger partial charge in [-0.1, -0.05) is 17.8 Å². The quantitative estimate of drug-likeness (QED) is 0.745. The van der Waals surface area contributed by atoms with Crippen molar-refractivity contribution in [1.29, 1.82) is 0 Å². The first-order valence-electron chi connectivity index (χ1n) is 6.64. The normalized spacial score (nSPS) is 12.7. The number of aryl methyl sites for hydroxylation is 2. The lowest BCUT2D eigenvalue weighted by Gasteiger charge is -2.09. The fraction of sp³-hybridized carbons (Fsp3) is 0.267. The Morgan fingerprint density at radius 1 is 1.33 bits per heavy atom. The number of nitrogens with one attached hydrogen (secondary N) is 1. The first kappa shape index (κ1) is 14.3. The van der Waals surface area contributed by atoms with Crippen LogP contribution in [0.3, 0.4) is 0 Å². The third-order valence-electron chi connectivity index (χ3n) is 3.38. The number of pyridine rings is 1. The Labute approximate surface area is 130 Å². The van der Waals surface area contributed by atoms with E-state index in [1.807, 2.05) is 39.0 Å². The van der Waals surface area contributed by atoms with Crippen LogP contribution < -0.4 is 5.56 Å². The number of thiophene rings is 1. The molecule has 3 aromatic heterocycles. The summed E-state index contributed by atoms with van der Waals surface area (Å²) in [5.41, 5.74) is 0.977. The zero-order chi connectivity index (χ0) is 15.0. The van der Waals surface area contributed by atoms with E-state index in [-0.39, 0.29) is 10.8 Å². The van der Waals surface area contributed by atoms with Gasteiger partial charge in [0.05, 0.1) is 15.7 Å². The van der Waals surface area contributed by atoms with Crippen molar-refractivity contribution in [2.75, 3.05) is 0 Å². The van der Waals surface area contributed by atoms with Crippen LogP contribution in [0.15, 0.2) is 34.2 Å². The van der Waals surface area contributed by atoms with Crippen molar-refractivity contribution in [2.24, 2.45) is 0 Å². The largest absolute Gasteiger partial charge is 0.309 e. The SMILES string of the molecule is Cc1sc2nc(C(C)Sc3ccccn3)[nH]c(=O)c2c1C. The summed E-state index contributed by atoms with van der Waals surface area (Å²) in [6.07, 6.45) is 1.76. The molecule has 0 aliphatic heterocycles. The van der Waals surface area contributed by atoms with Crippen molar-refractivity contribution in [3.05, 3.63) is 51.0 Å². The molecular weight excluding hydrogens is 302 g/mol. The molecule has 0 radical (unpaired) electrons. The number of nitrogens with zero attached hydrogens (tertiary/aromatic N) is 2. The van der Waals surface area contributed by atoms with E-state index in [4.69, 9.17) is 0 Å². The minimum Gasteiger partial charge on any atom is -0.309 e. The summed E-state index contributed by atoms with van der Waals surface area (Å²) in [5, 5.41) is 1.68. The third-order valence-corrected chi connectivity index (χ3v) is 5.54. The highest BCUT2D eigenvalue weighted by Gasteiger charge is 2.16. The molecule has 1 N–H and O–H groups in total. The van der Waals surface area contributed by atoms with Crippen molar-refractivity contribution < 1.29 is 0 Å². The lowest BCUT2D eigenvalue weighted by Crippen LogP contribution is -2.12. The number of fused-ring (bicyclic) bond motifs is 1. The Balaban J connectivity index is 1.99. The van der Waals surface area contributed by atoms with Crippen molar-refractivity contribution in [2.45, 2.75) is 31.0 Å².